The molecule has 1 heterocycles. The first-order chi connectivity index (χ1) is 11.8. The fraction of sp³-hybridized carbons (Fsp3) is 0.375. The molecule has 0 bridgehead atoms. The number of carbonyl (C=O) groups excluding carboxylic acids is 1. The first kappa shape index (κ1) is 18.6. The molecule has 25 heavy (non-hydrogen) atoms. The van der Waals surface area contributed by atoms with Crippen molar-refractivity contribution in [2.45, 2.75) is 12.6 Å². The van der Waals surface area contributed by atoms with Gasteiger partial charge in [-0.2, -0.15) is 18.3 Å². The van der Waals surface area contributed by atoms with Gasteiger partial charge in [0.1, 0.15) is 5.69 Å². The van der Waals surface area contributed by atoms with Crippen molar-refractivity contribution in [1.82, 2.24) is 15.1 Å². The molecule has 1 aromatic carbocycles. The Hall–Kier alpha value is -2.71. The van der Waals surface area contributed by atoms with Gasteiger partial charge in [-0.25, -0.2) is 0 Å². The van der Waals surface area contributed by atoms with Crippen molar-refractivity contribution in [2.75, 3.05) is 20.8 Å². The van der Waals surface area contributed by atoms with Crippen LogP contribution in [0.3, 0.4) is 0 Å². The Morgan fingerprint density at radius 1 is 1.20 bits per heavy atom. The van der Waals surface area contributed by atoms with Gasteiger partial charge in [-0.15, -0.1) is 0 Å². The Bertz CT molecular complexity index is 757. The molecule has 1 amide bonds. The number of ether oxygens (including phenoxy) is 2. The Morgan fingerprint density at radius 2 is 1.88 bits per heavy atom. The van der Waals surface area contributed by atoms with Crippen LogP contribution in [0.5, 0.6) is 11.5 Å². The van der Waals surface area contributed by atoms with Crippen LogP contribution in [0.2, 0.25) is 0 Å². The predicted octanol–water partition coefficient (Wildman–Crippen LogP) is 2.43. The monoisotopic (exact) mass is 357 g/mol. The van der Waals surface area contributed by atoms with Gasteiger partial charge >= 0.3 is 6.18 Å². The van der Waals surface area contributed by atoms with Crippen molar-refractivity contribution in [2.24, 2.45) is 7.05 Å². The number of nitrogens with one attached hydrogen (secondary N) is 1. The predicted molar refractivity (Wildman–Crippen MR) is 83.8 cm³/mol. The molecular formula is C16H18F3N3O3. The maximum Gasteiger partial charge on any atom is 0.433 e. The van der Waals surface area contributed by atoms with E-state index >= 15 is 0 Å². The highest BCUT2D eigenvalue weighted by molar-refractivity contribution is 5.92. The minimum absolute atomic E-state index is 0.242. The molecule has 6 nitrogen and oxygen atoms in total. The first-order valence-electron chi connectivity index (χ1n) is 7.36. The van der Waals surface area contributed by atoms with E-state index in [0.29, 0.717) is 22.6 Å². The van der Waals surface area contributed by atoms with Gasteiger partial charge in [-0.1, -0.05) is 6.07 Å². The Morgan fingerprint density at radius 3 is 2.44 bits per heavy atom. The summed E-state index contributed by atoms with van der Waals surface area (Å²) >= 11 is 0. The molecule has 0 saturated carbocycles. The van der Waals surface area contributed by atoms with E-state index in [2.05, 4.69) is 10.4 Å². The van der Waals surface area contributed by atoms with Crippen LogP contribution in [0.4, 0.5) is 13.2 Å². The molecule has 0 spiro atoms. The Balaban J connectivity index is 1.97. The molecule has 2 aromatic rings. The maximum atomic E-state index is 12.7. The highest BCUT2D eigenvalue weighted by Crippen LogP contribution is 2.29. The summed E-state index contributed by atoms with van der Waals surface area (Å²) < 4.78 is 49.1. The summed E-state index contributed by atoms with van der Waals surface area (Å²) in [4.78, 5) is 12.0. The summed E-state index contributed by atoms with van der Waals surface area (Å²) in [6.45, 7) is 0.242. The second-order valence-corrected chi connectivity index (χ2v) is 5.23. The second-order valence-electron chi connectivity index (χ2n) is 5.23. The Labute approximate surface area is 142 Å². The summed E-state index contributed by atoms with van der Waals surface area (Å²) in [5.74, 6) is 0.487. The van der Waals surface area contributed by atoms with Crippen molar-refractivity contribution in [3.8, 4) is 11.5 Å². The summed E-state index contributed by atoms with van der Waals surface area (Å²) in [6.07, 6.45) is -4.08. The number of rotatable bonds is 6. The number of alkyl halides is 3. The third kappa shape index (κ3) is 4.43. The number of nitrogens with zero attached hydrogens (tertiary/aromatic N) is 2. The molecule has 136 valence electrons. The second kappa shape index (κ2) is 7.45. The number of amides is 1. The van der Waals surface area contributed by atoms with Crippen LogP contribution in [0.25, 0.3) is 0 Å². The topological polar surface area (TPSA) is 65.4 Å². The van der Waals surface area contributed by atoms with Crippen molar-refractivity contribution >= 4 is 5.91 Å². The zero-order valence-corrected chi connectivity index (χ0v) is 14.0. The van der Waals surface area contributed by atoms with E-state index in [1.54, 1.807) is 12.1 Å². The fourth-order valence-corrected chi connectivity index (χ4v) is 2.29. The molecular weight excluding hydrogens is 339 g/mol. The van der Waals surface area contributed by atoms with Gasteiger partial charge in [-0.05, 0) is 24.1 Å². The molecule has 0 fully saturated rings. The van der Waals surface area contributed by atoms with Crippen LogP contribution in [0.1, 0.15) is 21.7 Å². The number of methoxy groups -OCH3 is 2. The average Bonchev–Trinajstić information content (AvgIpc) is 2.96. The van der Waals surface area contributed by atoms with Crippen LogP contribution >= 0.6 is 0 Å². The van der Waals surface area contributed by atoms with Gasteiger partial charge in [0, 0.05) is 19.7 Å². The molecule has 1 aromatic heterocycles. The van der Waals surface area contributed by atoms with Crippen LogP contribution in [0, 0.1) is 0 Å². The lowest BCUT2D eigenvalue weighted by atomic mass is 10.1. The smallest absolute Gasteiger partial charge is 0.433 e. The third-order valence-electron chi connectivity index (χ3n) is 3.55. The zero-order chi connectivity index (χ0) is 18.6. The van der Waals surface area contributed by atoms with Crippen molar-refractivity contribution in [3.63, 3.8) is 0 Å². The van der Waals surface area contributed by atoms with Crippen molar-refractivity contribution < 1.29 is 27.4 Å². The lowest BCUT2D eigenvalue weighted by Gasteiger charge is -2.09. The van der Waals surface area contributed by atoms with E-state index in [0.717, 1.165) is 18.7 Å². The molecule has 0 atom stereocenters. The minimum atomic E-state index is -4.56. The number of halogens is 3. The lowest BCUT2D eigenvalue weighted by Crippen LogP contribution is -2.26. The summed E-state index contributed by atoms with van der Waals surface area (Å²) in [5.41, 5.74) is -0.366. The molecule has 0 saturated heterocycles. The maximum absolute atomic E-state index is 12.7. The highest BCUT2D eigenvalue weighted by atomic mass is 19.4. The van der Waals surface area contributed by atoms with E-state index < -0.39 is 17.8 Å². The SMILES string of the molecule is COc1ccc(CCNC(=O)c2cc(C(F)(F)F)n(C)n2)cc1OC. The molecule has 2 rings (SSSR count). The summed E-state index contributed by atoms with van der Waals surface area (Å²) in [6, 6.07) is 6.06. The molecule has 0 unspecified atom stereocenters. The first-order valence-corrected chi connectivity index (χ1v) is 7.36. The molecule has 1 N–H and O–H groups in total. The Kier molecular flexibility index (Phi) is 5.55. The van der Waals surface area contributed by atoms with Gasteiger partial charge in [0.2, 0.25) is 0 Å². The molecule has 0 aliphatic rings. The number of aromatic nitrogens is 2. The normalized spacial score (nSPS) is 11.3. The van der Waals surface area contributed by atoms with Gasteiger partial charge in [0.05, 0.1) is 14.2 Å². The van der Waals surface area contributed by atoms with E-state index in [4.69, 9.17) is 9.47 Å². The molecule has 0 radical (unpaired) electrons. The molecule has 0 aliphatic heterocycles. The fourth-order valence-electron chi connectivity index (χ4n) is 2.29. The van der Waals surface area contributed by atoms with Gasteiger partial charge < -0.3 is 14.8 Å². The number of aryl methyl sites for hydroxylation is 1. The third-order valence-corrected chi connectivity index (χ3v) is 3.55. The van der Waals surface area contributed by atoms with E-state index in [-0.39, 0.29) is 12.2 Å². The largest absolute Gasteiger partial charge is 0.493 e. The number of benzene rings is 1. The molecule has 9 heteroatoms. The quantitative estimate of drug-likeness (QED) is 0.862. The van der Waals surface area contributed by atoms with E-state index in [1.807, 2.05) is 6.07 Å². The van der Waals surface area contributed by atoms with Gasteiger partial charge in [0.25, 0.3) is 5.91 Å². The van der Waals surface area contributed by atoms with Crippen LogP contribution < -0.4 is 14.8 Å². The van der Waals surface area contributed by atoms with Gasteiger partial charge in [0.15, 0.2) is 17.2 Å². The van der Waals surface area contributed by atoms with Gasteiger partial charge in [-0.3, -0.25) is 9.48 Å². The summed E-state index contributed by atoms with van der Waals surface area (Å²) in [7, 11) is 4.19. The highest BCUT2D eigenvalue weighted by Gasteiger charge is 2.35. The van der Waals surface area contributed by atoms with Crippen LogP contribution in [-0.2, 0) is 19.6 Å². The average molecular weight is 357 g/mol. The number of hydrogen-bond acceptors (Lipinski definition) is 4. The van der Waals surface area contributed by atoms with E-state index in [1.165, 1.54) is 14.2 Å². The summed E-state index contributed by atoms with van der Waals surface area (Å²) in [5, 5.41) is 6.15. The number of carbonyl (C=O) groups is 1. The van der Waals surface area contributed by atoms with Crippen molar-refractivity contribution in [1.29, 1.82) is 0 Å². The van der Waals surface area contributed by atoms with E-state index in [9.17, 15) is 18.0 Å². The minimum Gasteiger partial charge on any atom is -0.493 e. The van der Waals surface area contributed by atoms with Crippen molar-refractivity contribution in [3.05, 3.63) is 41.2 Å². The standard InChI is InChI=1S/C16H18F3N3O3/c1-22-14(16(17,18)19)9-11(21-22)15(23)20-7-6-10-4-5-12(24-2)13(8-10)25-3/h4-5,8-9H,6-7H2,1-3H3,(H,20,23). The number of hydrogen-bond donors (Lipinski definition) is 1. The van der Waals surface area contributed by atoms with Crippen LogP contribution in [-0.4, -0.2) is 36.5 Å². The lowest BCUT2D eigenvalue weighted by molar-refractivity contribution is -0.143. The molecule has 0 aliphatic carbocycles. The van der Waals surface area contributed by atoms with Crippen LogP contribution in [0.15, 0.2) is 24.3 Å². The zero-order valence-electron chi connectivity index (χ0n) is 14.0.